The average molecular weight is 221 g/mol. The third-order valence-electron chi connectivity index (χ3n) is 2.90. The summed E-state index contributed by atoms with van der Waals surface area (Å²) in [5.74, 6) is -0.574. The van der Waals surface area contributed by atoms with E-state index >= 15 is 0 Å². The largest absolute Gasteiger partial charge is 0.478 e. The number of aromatic nitrogens is 2. The van der Waals surface area contributed by atoms with Crippen LogP contribution in [0.15, 0.2) is 12.3 Å². The molecule has 0 atom stereocenters. The molecule has 0 aromatic carbocycles. The van der Waals surface area contributed by atoms with E-state index in [2.05, 4.69) is 15.5 Å². The van der Waals surface area contributed by atoms with E-state index in [1.165, 1.54) is 31.5 Å². The molecule has 1 aliphatic carbocycles. The summed E-state index contributed by atoms with van der Waals surface area (Å²) < 4.78 is 0. The van der Waals surface area contributed by atoms with Gasteiger partial charge < -0.3 is 10.4 Å². The van der Waals surface area contributed by atoms with Crippen LogP contribution in [0.25, 0.3) is 0 Å². The molecule has 0 spiro atoms. The zero-order chi connectivity index (χ0) is 11.4. The van der Waals surface area contributed by atoms with Crippen molar-refractivity contribution in [1.82, 2.24) is 10.2 Å². The van der Waals surface area contributed by atoms with Crippen molar-refractivity contribution in [3.05, 3.63) is 17.8 Å². The van der Waals surface area contributed by atoms with Gasteiger partial charge in [-0.15, -0.1) is 5.10 Å². The molecule has 1 aromatic heterocycles. The summed E-state index contributed by atoms with van der Waals surface area (Å²) in [6.07, 6.45) is 7.21. The van der Waals surface area contributed by atoms with Crippen LogP contribution in [0.3, 0.4) is 0 Å². The summed E-state index contributed by atoms with van der Waals surface area (Å²) in [6.45, 7) is 0. The lowest BCUT2D eigenvalue weighted by Crippen LogP contribution is -2.24. The van der Waals surface area contributed by atoms with Gasteiger partial charge in [0, 0.05) is 6.04 Å². The standard InChI is InChI=1S/C11H15N3O2/c15-11(16)9-6-7-12-14-10(9)13-8-4-2-1-3-5-8/h6-8H,1-5H2,(H,13,14)(H,15,16). The summed E-state index contributed by atoms with van der Waals surface area (Å²) in [6, 6.07) is 1.81. The van der Waals surface area contributed by atoms with Crippen molar-refractivity contribution in [2.45, 2.75) is 38.1 Å². The number of hydrogen-bond acceptors (Lipinski definition) is 4. The predicted octanol–water partition coefficient (Wildman–Crippen LogP) is 1.92. The number of nitrogens with one attached hydrogen (secondary N) is 1. The maximum Gasteiger partial charge on any atom is 0.339 e. The van der Waals surface area contributed by atoms with Crippen molar-refractivity contribution in [3.63, 3.8) is 0 Å². The van der Waals surface area contributed by atoms with Crippen molar-refractivity contribution >= 4 is 11.8 Å². The molecule has 1 saturated carbocycles. The number of anilines is 1. The van der Waals surface area contributed by atoms with Crippen LogP contribution < -0.4 is 5.32 Å². The fourth-order valence-electron chi connectivity index (χ4n) is 2.05. The highest BCUT2D eigenvalue weighted by molar-refractivity contribution is 5.92. The van der Waals surface area contributed by atoms with Gasteiger partial charge in [-0.2, -0.15) is 5.10 Å². The van der Waals surface area contributed by atoms with Crippen molar-refractivity contribution in [2.24, 2.45) is 0 Å². The van der Waals surface area contributed by atoms with Gasteiger partial charge in [0.25, 0.3) is 0 Å². The molecule has 0 saturated heterocycles. The number of carboxylic acid groups (broad SMARTS) is 1. The fourth-order valence-corrected chi connectivity index (χ4v) is 2.05. The van der Waals surface area contributed by atoms with Crippen LogP contribution in [0.1, 0.15) is 42.5 Å². The van der Waals surface area contributed by atoms with Gasteiger partial charge in [0.15, 0.2) is 5.82 Å². The first-order chi connectivity index (χ1) is 7.77. The number of hydrogen-bond donors (Lipinski definition) is 2. The SMILES string of the molecule is O=C(O)c1ccnnc1NC1CCCCC1. The molecule has 0 unspecified atom stereocenters. The lowest BCUT2D eigenvalue weighted by molar-refractivity contribution is 0.0697. The van der Waals surface area contributed by atoms with Gasteiger partial charge in [0.05, 0.1) is 6.20 Å². The smallest absolute Gasteiger partial charge is 0.339 e. The number of carbonyl (C=O) groups is 1. The number of carboxylic acids is 1. The highest BCUT2D eigenvalue weighted by Crippen LogP contribution is 2.21. The summed E-state index contributed by atoms with van der Waals surface area (Å²) in [4.78, 5) is 11.0. The van der Waals surface area contributed by atoms with Gasteiger partial charge in [-0.25, -0.2) is 4.79 Å². The minimum atomic E-state index is -0.965. The Bertz CT molecular complexity index is 375. The van der Waals surface area contributed by atoms with E-state index in [1.54, 1.807) is 0 Å². The van der Waals surface area contributed by atoms with Gasteiger partial charge in [-0.3, -0.25) is 0 Å². The highest BCUT2D eigenvalue weighted by atomic mass is 16.4. The van der Waals surface area contributed by atoms with E-state index in [9.17, 15) is 4.79 Å². The minimum absolute atomic E-state index is 0.195. The average Bonchev–Trinajstić information content (AvgIpc) is 2.31. The first kappa shape index (κ1) is 10.9. The van der Waals surface area contributed by atoms with Crippen molar-refractivity contribution in [3.8, 4) is 0 Å². The van der Waals surface area contributed by atoms with Crippen LogP contribution in [0.2, 0.25) is 0 Å². The van der Waals surface area contributed by atoms with Crippen LogP contribution >= 0.6 is 0 Å². The molecule has 16 heavy (non-hydrogen) atoms. The third kappa shape index (κ3) is 2.48. The lowest BCUT2D eigenvalue weighted by Gasteiger charge is -2.23. The van der Waals surface area contributed by atoms with Crippen molar-refractivity contribution in [1.29, 1.82) is 0 Å². The maximum atomic E-state index is 11.0. The quantitative estimate of drug-likeness (QED) is 0.815. The van der Waals surface area contributed by atoms with E-state index in [0.717, 1.165) is 12.8 Å². The van der Waals surface area contributed by atoms with Crippen LogP contribution in [-0.2, 0) is 0 Å². The van der Waals surface area contributed by atoms with E-state index in [1.807, 2.05) is 0 Å². The molecule has 2 rings (SSSR count). The van der Waals surface area contributed by atoms with E-state index in [-0.39, 0.29) is 5.56 Å². The normalized spacial score (nSPS) is 17.0. The van der Waals surface area contributed by atoms with Gasteiger partial charge in [-0.1, -0.05) is 19.3 Å². The Kier molecular flexibility index (Phi) is 3.34. The molecule has 2 N–H and O–H groups in total. The number of rotatable bonds is 3. The monoisotopic (exact) mass is 221 g/mol. The molecule has 0 aliphatic heterocycles. The van der Waals surface area contributed by atoms with Crippen molar-refractivity contribution in [2.75, 3.05) is 5.32 Å². The third-order valence-corrected chi connectivity index (χ3v) is 2.90. The van der Waals surface area contributed by atoms with Gasteiger partial charge >= 0.3 is 5.97 Å². The second-order valence-electron chi connectivity index (χ2n) is 4.08. The van der Waals surface area contributed by atoms with E-state index in [0.29, 0.717) is 11.9 Å². The number of nitrogens with zero attached hydrogens (tertiary/aromatic N) is 2. The molecular formula is C11H15N3O2. The predicted molar refractivity (Wildman–Crippen MR) is 59.5 cm³/mol. The molecule has 1 aromatic rings. The van der Waals surface area contributed by atoms with Crippen LogP contribution in [-0.4, -0.2) is 27.3 Å². The Morgan fingerprint density at radius 3 is 2.81 bits per heavy atom. The highest BCUT2D eigenvalue weighted by Gasteiger charge is 2.17. The molecule has 0 radical (unpaired) electrons. The summed E-state index contributed by atoms with van der Waals surface area (Å²) in [5, 5.41) is 19.7. The molecule has 0 amide bonds. The van der Waals surface area contributed by atoms with E-state index < -0.39 is 5.97 Å². The summed E-state index contributed by atoms with van der Waals surface area (Å²) in [7, 11) is 0. The van der Waals surface area contributed by atoms with Gasteiger partial charge in [-0.05, 0) is 18.9 Å². The van der Waals surface area contributed by atoms with E-state index in [4.69, 9.17) is 5.11 Å². The van der Waals surface area contributed by atoms with Crippen LogP contribution in [0.4, 0.5) is 5.82 Å². The topological polar surface area (TPSA) is 75.1 Å². The second kappa shape index (κ2) is 4.92. The summed E-state index contributed by atoms with van der Waals surface area (Å²) >= 11 is 0. The zero-order valence-electron chi connectivity index (χ0n) is 9.02. The molecule has 86 valence electrons. The van der Waals surface area contributed by atoms with Crippen LogP contribution in [0.5, 0.6) is 0 Å². The molecule has 5 heteroatoms. The Morgan fingerprint density at radius 1 is 1.38 bits per heavy atom. The molecule has 1 heterocycles. The molecule has 0 bridgehead atoms. The first-order valence-electron chi connectivity index (χ1n) is 5.59. The molecule has 1 fully saturated rings. The molecular weight excluding hydrogens is 206 g/mol. The molecule has 5 nitrogen and oxygen atoms in total. The maximum absolute atomic E-state index is 11.0. The number of aromatic carboxylic acids is 1. The Labute approximate surface area is 93.9 Å². The zero-order valence-corrected chi connectivity index (χ0v) is 9.02. The Balaban J connectivity index is 2.10. The second-order valence-corrected chi connectivity index (χ2v) is 4.08. The minimum Gasteiger partial charge on any atom is -0.478 e. The molecule has 1 aliphatic rings. The van der Waals surface area contributed by atoms with Gasteiger partial charge in [0.2, 0.25) is 0 Å². The summed E-state index contributed by atoms with van der Waals surface area (Å²) in [5.41, 5.74) is 0.195. The van der Waals surface area contributed by atoms with Crippen molar-refractivity contribution < 1.29 is 9.90 Å². The Hall–Kier alpha value is -1.65. The lowest BCUT2D eigenvalue weighted by atomic mass is 9.95. The van der Waals surface area contributed by atoms with Gasteiger partial charge in [0.1, 0.15) is 5.56 Å². The Morgan fingerprint density at radius 2 is 2.12 bits per heavy atom. The van der Waals surface area contributed by atoms with Crippen LogP contribution in [0, 0.1) is 0 Å². The fraction of sp³-hybridized carbons (Fsp3) is 0.545. The first-order valence-corrected chi connectivity index (χ1v) is 5.59.